The number of nitrogens with two attached hydrogens (primary N) is 1. The average molecular weight is 245 g/mol. The Morgan fingerprint density at radius 2 is 2.11 bits per heavy atom. The molecule has 0 amide bonds. The molecule has 0 saturated carbocycles. The molecule has 3 aromatic rings. The van der Waals surface area contributed by atoms with Gasteiger partial charge in [0.05, 0.1) is 6.26 Å². The number of rotatable bonds is 2. The fourth-order valence-electron chi connectivity index (χ4n) is 2.11. The molecule has 18 heavy (non-hydrogen) atoms. The molecule has 0 fully saturated rings. The van der Waals surface area contributed by atoms with Crippen molar-refractivity contribution in [2.24, 2.45) is 5.73 Å². The first-order valence-electron chi connectivity index (χ1n) is 5.64. The molecule has 3 rings (SSSR count). The summed E-state index contributed by atoms with van der Waals surface area (Å²) < 4.78 is 24.2. The monoisotopic (exact) mass is 245 g/mol. The Kier molecular flexibility index (Phi) is 2.45. The number of benzene rings is 1. The topological polar surface area (TPSA) is 52.3 Å². The van der Waals surface area contributed by atoms with Gasteiger partial charge in [-0.1, -0.05) is 0 Å². The van der Waals surface area contributed by atoms with Crippen LogP contribution >= 0.6 is 0 Å². The SMILES string of the molecule is Cc1c(C(N)c2ccco2)oc2ccc(F)cc12. The number of hydrogen-bond donors (Lipinski definition) is 1. The average Bonchev–Trinajstić information content (AvgIpc) is 2.98. The van der Waals surface area contributed by atoms with Crippen LogP contribution in [0.1, 0.15) is 23.1 Å². The van der Waals surface area contributed by atoms with Crippen LogP contribution in [0.2, 0.25) is 0 Å². The van der Waals surface area contributed by atoms with Crippen LogP contribution in [0.25, 0.3) is 11.0 Å². The van der Waals surface area contributed by atoms with Crippen LogP contribution in [0.5, 0.6) is 0 Å². The van der Waals surface area contributed by atoms with Crippen molar-refractivity contribution >= 4 is 11.0 Å². The van der Waals surface area contributed by atoms with E-state index in [0.29, 0.717) is 17.1 Å². The predicted molar refractivity (Wildman–Crippen MR) is 65.6 cm³/mol. The molecule has 0 aliphatic carbocycles. The lowest BCUT2D eigenvalue weighted by atomic mass is 10.1. The highest BCUT2D eigenvalue weighted by Crippen LogP contribution is 2.31. The van der Waals surface area contributed by atoms with Crippen molar-refractivity contribution in [2.75, 3.05) is 0 Å². The highest BCUT2D eigenvalue weighted by Gasteiger charge is 2.20. The zero-order valence-corrected chi connectivity index (χ0v) is 9.81. The van der Waals surface area contributed by atoms with Crippen molar-refractivity contribution in [3.63, 3.8) is 0 Å². The van der Waals surface area contributed by atoms with Gasteiger partial charge in [0, 0.05) is 10.9 Å². The quantitative estimate of drug-likeness (QED) is 0.751. The number of hydrogen-bond acceptors (Lipinski definition) is 3. The predicted octanol–water partition coefficient (Wildman–Crippen LogP) is 3.52. The van der Waals surface area contributed by atoms with Crippen LogP contribution < -0.4 is 5.73 Å². The Balaban J connectivity index is 2.15. The van der Waals surface area contributed by atoms with Crippen molar-refractivity contribution in [3.05, 3.63) is 59.5 Å². The van der Waals surface area contributed by atoms with E-state index in [4.69, 9.17) is 14.6 Å². The first kappa shape index (κ1) is 11.0. The molecule has 1 atom stereocenters. The van der Waals surface area contributed by atoms with Crippen molar-refractivity contribution < 1.29 is 13.2 Å². The largest absolute Gasteiger partial charge is 0.467 e. The molecule has 0 bridgehead atoms. The lowest BCUT2D eigenvalue weighted by Gasteiger charge is -2.06. The molecule has 2 aromatic heterocycles. The minimum absolute atomic E-state index is 0.287. The van der Waals surface area contributed by atoms with Gasteiger partial charge in [0.15, 0.2) is 0 Å². The van der Waals surface area contributed by atoms with E-state index in [0.717, 1.165) is 10.9 Å². The van der Waals surface area contributed by atoms with Gasteiger partial charge in [0.25, 0.3) is 0 Å². The summed E-state index contributed by atoms with van der Waals surface area (Å²) >= 11 is 0. The van der Waals surface area contributed by atoms with Gasteiger partial charge in [-0.3, -0.25) is 0 Å². The minimum atomic E-state index is -0.476. The Hall–Kier alpha value is -2.07. The molecule has 0 saturated heterocycles. The van der Waals surface area contributed by atoms with Crippen molar-refractivity contribution in [3.8, 4) is 0 Å². The van der Waals surface area contributed by atoms with Gasteiger partial charge < -0.3 is 14.6 Å². The highest BCUT2D eigenvalue weighted by atomic mass is 19.1. The van der Waals surface area contributed by atoms with Gasteiger partial charge >= 0.3 is 0 Å². The van der Waals surface area contributed by atoms with Gasteiger partial charge in [-0.25, -0.2) is 4.39 Å². The Morgan fingerprint density at radius 1 is 1.28 bits per heavy atom. The van der Waals surface area contributed by atoms with Gasteiger partial charge in [0.2, 0.25) is 0 Å². The Morgan fingerprint density at radius 3 is 2.83 bits per heavy atom. The maximum Gasteiger partial charge on any atom is 0.134 e. The third-order valence-corrected chi connectivity index (χ3v) is 3.07. The van der Waals surface area contributed by atoms with Gasteiger partial charge in [-0.15, -0.1) is 0 Å². The molecule has 1 aromatic carbocycles. The van der Waals surface area contributed by atoms with Crippen LogP contribution in [0.15, 0.2) is 45.4 Å². The van der Waals surface area contributed by atoms with E-state index in [9.17, 15) is 4.39 Å². The minimum Gasteiger partial charge on any atom is -0.467 e. The third kappa shape index (κ3) is 1.62. The third-order valence-electron chi connectivity index (χ3n) is 3.07. The van der Waals surface area contributed by atoms with E-state index >= 15 is 0 Å². The highest BCUT2D eigenvalue weighted by molar-refractivity contribution is 5.82. The summed E-state index contributed by atoms with van der Waals surface area (Å²) in [5, 5.41) is 0.743. The maximum absolute atomic E-state index is 13.2. The molecule has 1 unspecified atom stereocenters. The molecule has 0 radical (unpaired) electrons. The zero-order valence-electron chi connectivity index (χ0n) is 9.81. The van der Waals surface area contributed by atoms with E-state index in [1.807, 2.05) is 6.92 Å². The fraction of sp³-hybridized carbons (Fsp3) is 0.143. The molecular weight excluding hydrogens is 233 g/mol. The summed E-state index contributed by atoms with van der Waals surface area (Å²) in [5.74, 6) is 0.938. The summed E-state index contributed by atoms with van der Waals surface area (Å²) in [4.78, 5) is 0. The standard InChI is InChI=1S/C14H12FNO2/c1-8-10-7-9(15)4-5-11(10)18-14(8)13(16)12-3-2-6-17-12/h2-7,13H,16H2,1H3. The maximum atomic E-state index is 13.2. The zero-order chi connectivity index (χ0) is 12.7. The fourth-order valence-corrected chi connectivity index (χ4v) is 2.11. The first-order chi connectivity index (χ1) is 8.66. The van der Waals surface area contributed by atoms with Crippen LogP contribution in [-0.4, -0.2) is 0 Å². The lowest BCUT2D eigenvalue weighted by Crippen LogP contribution is -2.10. The van der Waals surface area contributed by atoms with Gasteiger partial charge in [-0.2, -0.15) is 0 Å². The molecule has 0 aliphatic rings. The van der Waals surface area contributed by atoms with Gasteiger partial charge in [-0.05, 0) is 37.3 Å². The van der Waals surface area contributed by atoms with Gasteiger partial charge in [0.1, 0.15) is 29.0 Å². The molecular formula is C14H12FNO2. The second kappa shape index (κ2) is 3.99. The van der Waals surface area contributed by atoms with Crippen LogP contribution in [0, 0.1) is 12.7 Å². The van der Waals surface area contributed by atoms with E-state index in [1.54, 1.807) is 24.5 Å². The molecule has 0 aliphatic heterocycles. The second-order valence-electron chi connectivity index (χ2n) is 4.22. The van der Waals surface area contributed by atoms with Crippen LogP contribution in [0.4, 0.5) is 4.39 Å². The Bertz CT molecular complexity index is 685. The molecule has 2 heterocycles. The number of aryl methyl sites for hydroxylation is 1. The van der Waals surface area contributed by atoms with E-state index in [2.05, 4.69) is 0 Å². The summed E-state index contributed by atoms with van der Waals surface area (Å²) in [6.45, 7) is 1.86. The summed E-state index contributed by atoms with van der Waals surface area (Å²) in [5.41, 5.74) is 7.55. The molecule has 0 spiro atoms. The smallest absolute Gasteiger partial charge is 0.134 e. The summed E-state index contributed by atoms with van der Waals surface area (Å²) in [7, 11) is 0. The lowest BCUT2D eigenvalue weighted by molar-refractivity contribution is 0.443. The number of fused-ring (bicyclic) bond motifs is 1. The molecule has 2 N–H and O–H groups in total. The first-order valence-corrected chi connectivity index (χ1v) is 5.64. The number of halogens is 1. The normalized spacial score (nSPS) is 13.1. The van der Waals surface area contributed by atoms with Crippen LogP contribution in [-0.2, 0) is 0 Å². The van der Waals surface area contributed by atoms with E-state index < -0.39 is 6.04 Å². The van der Waals surface area contributed by atoms with E-state index in [-0.39, 0.29) is 5.82 Å². The van der Waals surface area contributed by atoms with E-state index in [1.165, 1.54) is 12.1 Å². The van der Waals surface area contributed by atoms with Crippen molar-refractivity contribution in [1.82, 2.24) is 0 Å². The number of furan rings is 2. The Labute approximate surface area is 103 Å². The summed E-state index contributed by atoms with van der Waals surface area (Å²) in [6, 6.07) is 7.51. The molecule has 92 valence electrons. The molecule has 4 heteroatoms. The summed E-state index contributed by atoms with van der Waals surface area (Å²) in [6.07, 6.45) is 1.56. The van der Waals surface area contributed by atoms with Crippen LogP contribution in [0.3, 0.4) is 0 Å². The van der Waals surface area contributed by atoms with Crippen molar-refractivity contribution in [1.29, 1.82) is 0 Å². The molecule has 3 nitrogen and oxygen atoms in total. The van der Waals surface area contributed by atoms with Crippen molar-refractivity contribution in [2.45, 2.75) is 13.0 Å². The second-order valence-corrected chi connectivity index (χ2v) is 4.22.